The standard InChI is InChI=1S/C22H21NO4S/c1-26-18-11-9-17(10-12-18)20(27-22(25)19-8-5-15-28-19)21(24)23-14-13-16-6-3-2-4-7-16/h2-12,15,20H,13-14H2,1H3,(H,23,24)/t20-/m0/s1. The molecule has 0 spiro atoms. The molecule has 0 aliphatic carbocycles. The summed E-state index contributed by atoms with van der Waals surface area (Å²) < 4.78 is 10.7. The quantitative estimate of drug-likeness (QED) is 0.585. The molecule has 0 saturated heterocycles. The molecular formula is C22H21NO4S. The molecule has 1 N–H and O–H groups in total. The highest BCUT2D eigenvalue weighted by atomic mass is 32.1. The minimum atomic E-state index is -1.03. The topological polar surface area (TPSA) is 64.6 Å². The lowest BCUT2D eigenvalue weighted by atomic mass is 10.1. The van der Waals surface area contributed by atoms with E-state index in [1.807, 2.05) is 30.3 Å². The summed E-state index contributed by atoms with van der Waals surface area (Å²) in [6.07, 6.45) is -0.336. The van der Waals surface area contributed by atoms with E-state index in [-0.39, 0.29) is 5.91 Å². The minimum absolute atomic E-state index is 0.356. The third-order valence-corrected chi connectivity index (χ3v) is 5.01. The van der Waals surface area contributed by atoms with Crippen molar-refractivity contribution >= 4 is 23.2 Å². The molecule has 0 aliphatic rings. The number of rotatable bonds is 8. The highest BCUT2D eigenvalue weighted by molar-refractivity contribution is 7.11. The van der Waals surface area contributed by atoms with Crippen LogP contribution in [0, 0.1) is 0 Å². The fourth-order valence-electron chi connectivity index (χ4n) is 2.68. The lowest BCUT2D eigenvalue weighted by Gasteiger charge is -2.18. The number of amides is 1. The van der Waals surface area contributed by atoms with Crippen LogP contribution in [0.1, 0.15) is 26.9 Å². The lowest BCUT2D eigenvalue weighted by molar-refractivity contribution is -0.130. The molecule has 0 saturated carbocycles. The summed E-state index contributed by atoms with van der Waals surface area (Å²) in [5.41, 5.74) is 1.71. The van der Waals surface area contributed by atoms with Gasteiger partial charge in [0.1, 0.15) is 10.6 Å². The van der Waals surface area contributed by atoms with Crippen molar-refractivity contribution < 1.29 is 19.1 Å². The zero-order valence-electron chi connectivity index (χ0n) is 15.5. The van der Waals surface area contributed by atoms with Crippen LogP contribution in [0.4, 0.5) is 0 Å². The van der Waals surface area contributed by atoms with Gasteiger partial charge in [-0.05, 0) is 35.6 Å². The van der Waals surface area contributed by atoms with Crippen molar-refractivity contribution in [2.24, 2.45) is 0 Å². The lowest BCUT2D eigenvalue weighted by Crippen LogP contribution is -2.33. The molecule has 0 radical (unpaired) electrons. The van der Waals surface area contributed by atoms with Gasteiger partial charge in [-0.1, -0.05) is 48.5 Å². The van der Waals surface area contributed by atoms with E-state index in [1.165, 1.54) is 11.3 Å². The van der Waals surface area contributed by atoms with Crippen molar-refractivity contribution in [3.63, 3.8) is 0 Å². The Hall–Kier alpha value is -3.12. The predicted molar refractivity (Wildman–Crippen MR) is 109 cm³/mol. The fraction of sp³-hybridized carbons (Fsp3) is 0.182. The fourth-order valence-corrected chi connectivity index (χ4v) is 3.28. The summed E-state index contributed by atoms with van der Waals surface area (Å²) in [4.78, 5) is 25.6. The second-order valence-electron chi connectivity index (χ2n) is 6.06. The summed E-state index contributed by atoms with van der Waals surface area (Å²) in [7, 11) is 1.57. The maximum absolute atomic E-state index is 12.8. The van der Waals surface area contributed by atoms with Gasteiger partial charge in [0, 0.05) is 12.1 Å². The molecule has 28 heavy (non-hydrogen) atoms. The smallest absolute Gasteiger partial charge is 0.349 e. The Morgan fingerprint density at radius 1 is 1.00 bits per heavy atom. The summed E-state index contributed by atoms with van der Waals surface area (Å²) in [6.45, 7) is 0.450. The molecule has 6 heteroatoms. The molecule has 1 amide bonds. The number of hydrogen-bond donors (Lipinski definition) is 1. The van der Waals surface area contributed by atoms with Crippen LogP contribution < -0.4 is 10.1 Å². The van der Waals surface area contributed by atoms with Crippen LogP contribution in [0.15, 0.2) is 72.1 Å². The summed E-state index contributed by atoms with van der Waals surface area (Å²) in [6, 6.07) is 20.2. The number of esters is 1. The van der Waals surface area contributed by atoms with Gasteiger partial charge in [-0.25, -0.2) is 4.79 Å². The Labute approximate surface area is 167 Å². The molecule has 2 aromatic carbocycles. The number of benzene rings is 2. The van der Waals surface area contributed by atoms with Crippen LogP contribution in [-0.2, 0) is 16.0 Å². The van der Waals surface area contributed by atoms with Crippen molar-refractivity contribution in [1.82, 2.24) is 5.32 Å². The number of thiophene rings is 1. The first-order chi connectivity index (χ1) is 13.7. The second kappa shape index (κ2) is 9.71. The molecular weight excluding hydrogens is 374 g/mol. The molecule has 0 fully saturated rings. The van der Waals surface area contributed by atoms with Crippen molar-refractivity contribution in [2.75, 3.05) is 13.7 Å². The molecule has 3 rings (SSSR count). The first-order valence-corrected chi connectivity index (χ1v) is 9.75. The molecule has 0 unspecified atom stereocenters. The maximum Gasteiger partial charge on any atom is 0.349 e. The van der Waals surface area contributed by atoms with Crippen molar-refractivity contribution in [2.45, 2.75) is 12.5 Å². The molecule has 1 heterocycles. The van der Waals surface area contributed by atoms with E-state index in [0.717, 1.165) is 5.56 Å². The molecule has 0 aliphatic heterocycles. The minimum Gasteiger partial charge on any atom is -0.497 e. The van der Waals surface area contributed by atoms with Crippen LogP contribution in [0.25, 0.3) is 0 Å². The van der Waals surface area contributed by atoms with E-state index < -0.39 is 12.1 Å². The third kappa shape index (κ3) is 5.20. The van der Waals surface area contributed by atoms with Crippen molar-refractivity contribution in [3.05, 3.63) is 88.1 Å². The molecule has 144 valence electrons. The molecule has 1 atom stereocenters. The van der Waals surface area contributed by atoms with Crippen LogP contribution in [0.2, 0.25) is 0 Å². The van der Waals surface area contributed by atoms with Crippen molar-refractivity contribution in [3.8, 4) is 5.75 Å². The normalized spacial score (nSPS) is 11.5. The second-order valence-corrected chi connectivity index (χ2v) is 7.01. The van der Waals surface area contributed by atoms with Crippen LogP contribution in [-0.4, -0.2) is 25.5 Å². The SMILES string of the molecule is COc1ccc([C@H](OC(=O)c2cccs2)C(=O)NCCc2ccccc2)cc1. The van der Waals surface area contributed by atoms with Crippen molar-refractivity contribution in [1.29, 1.82) is 0 Å². The number of methoxy groups -OCH3 is 1. The van der Waals surface area contributed by atoms with Gasteiger partial charge in [0.05, 0.1) is 7.11 Å². The highest BCUT2D eigenvalue weighted by Gasteiger charge is 2.26. The van der Waals surface area contributed by atoms with E-state index >= 15 is 0 Å². The molecule has 1 aromatic heterocycles. The van der Waals surface area contributed by atoms with Crippen LogP contribution >= 0.6 is 11.3 Å². The number of hydrogen-bond acceptors (Lipinski definition) is 5. The summed E-state index contributed by atoms with van der Waals surface area (Å²) >= 11 is 1.27. The summed E-state index contributed by atoms with van der Waals surface area (Å²) in [5, 5.41) is 4.66. The van der Waals surface area contributed by atoms with E-state index in [4.69, 9.17) is 9.47 Å². The number of ether oxygens (including phenoxy) is 2. The zero-order valence-corrected chi connectivity index (χ0v) is 16.3. The Balaban J connectivity index is 1.70. The van der Waals surface area contributed by atoms with Gasteiger partial charge in [-0.2, -0.15) is 0 Å². The average Bonchev–Trinajstić information content (AvgIpc) is 3.28. The van der Waals surface area contributed by atoms with Gasteiger partial charge in [0.25, 0.3) is 5.91 Å². The highest BCUT2D eigenvalue weighted by Crippen LogP contribution is 2.23. The van der Waals surface area contributed by atoms with Crippen LogP contribution in [0.5, 0.6) is 5.75 Å². The largest absolute Gasteiger partial charge is 0.497 e. The van der Waals surface area contributed by atoms with Gasteiger partial charge in [-0.15, -0.1) is 11.3 Å². The number of carbonyl (C=O) groups is 2. The molecule has 5 nitrogen and oxygen atoms in total. The predicted octanol–water partition coefficient (Wildman–Crippen LogP) is 4.01. The first kappa shape index (κ1) is 19.6. The monoisotopic (exact) mass is 395 g/mol. The van der Waals surface area contributed by atoms with E-state index in [2.05, 4.69) is 5.32 Å². The zero-order chi connectivity index (χ0) is 19.8. The van der Waals surface area contributed by atoms with Gasteiger partial charge in [0.15, 0.2) is 0 Å². The molecule has 0 bridgehead atoms. The number of nitrogens with one attached hydrogen (secondary N) is 1. The maximum atomic E-state index is 12.8. The average molecular weight is 395 g/mol. The Morgan fingerprint density at radius 2 is 1.75 bits per heavy atom. The Bertz CT molecular complexity index is 892. The van der Waals surface area contributed by atoms with Gasteiger partial charge >= 0.3 is 5.97 Å². The Kier molecular flexibility index (Phi) is 6.81. The Morgan fingerprint density at radius 3 is 2.39 bits per heavy atom. The first-order valence-electron chi connectivity index (χ1n) is 8.87. The number of carbonyl (C=O) groups excluding carboxylic acids is 2. The van der Waals surface area contributed by atoms with E-state index in [0.29, 0.717) is 29.2 Å². The van der Waals surface area contributed by atoms with Gasteiger partial charge in [-0.3, -0.25) is 4.79 Å². The third-order valence-electron chi connectivity index (χ3n) is 4.16. The van der Waals surface area contributed by atoms with Gasteiger partial charge in [0.2, 0.25) is 6.10 Å². The van der Waals surface area contributed by atoms with E-state index in [1.54, 1.807) is 48.9 Å². The van der Waals surface area contributed by atoms with E-state index in [9.17, 15) is 9.59 Å². The van der Waals surface area contributed by atoms with Gasteiger partial charge < -0.3 is 14.8 Å². The molecule has 3 aromatic rings. The summed E-state index contributed by atoms with van der Waals surface area (Å²) in [5.74, 6) is -0.211. The van der Waals surface area contributed by atoms with Crippen LogP contribution in [0.3, 0.4) is 0 Å².